The first-order valence-electron chi connectivity index (χ1n) is 5.98. The zero-order chi connectivity index (χ0) is 12.3. The Kier molecular flexibility index (Phi) is 3.81. The summed E-state index contributed by atoms with van der Waals surface area (Å²) in [5.41, 5.74) is 6.24. The molecule has 1 unspecified atom stereocenters. The van der Waals surface area contributed by atoms with Crippen LogP contribution in [-0.2, 0) is 6.54 Å². The van der Waals surface area contributed by atoms with Crippen molar-refractivity contribution in [1.29, 1.82) is 0 Å². The molecule has 1 fully saturated rings. The topological polar surface area (TPSA) is 71.5 Å². The van der Waals surface area contributed by atoms with Crippen LogP contribution in [0.1, 0.15) is 6.42 Å². The third-order valence-electron chi connectivity index (χ3n) is 3.29. The van der Waals surface area contributed by atoms with Crippen molar-refractivity contribution in [1.82, 2.24) is 9.47 Å². The van der Waals surface area contributed by atoms with E-state index in [0.717, 1.165) is 26.1 Å². The fraction of sp³-hybridized carbons (Fsp3) is 0.583. The van der Waals surface area contributed by atoms with Crippen molar-refractivity contribution in [3.63, 3.8) is 0 Å². The maximum Gasteiger partial charge on any atom is 0.250 e. The van der Waals surface area contributed by atoms with Crippen LogP contribution in [0.15, 0.2) is 23.1 Å². The van der Waals surface area contributed by atoms with Gasteiger partial charge in [-0.3, -0.25) is 4.79 Å². The molecule has 1 aliphatic rings. The molecule has 1 aromatic rings. The molecule has 0 spiro atoms. The summed E-state index contributed by atoms with van der Waals surface area (Å²) in [4.78, 5) is 13.8. The standard InChI is InChI=1S/C12H19N3O2/c13-11-1-2-12(17)15(8-11)6-5-14-4-3-10(7-14)9-16/h1-2,8,10,16H,3-7,9,13H2. The van der Waals surface area contributed by atoms with Gasteiger partial charge in [-0.05, 0) is 24.9 Å². The molecule has 0 aromatic carbocycles. The predicted octanol–water partition coefficient (Wildman–Crippen LogP) is -0.255. The van der Waals surface area contributed by atoms with E-state index < -0.39 is 0 Å². The summed E-state index contributed by atoms with van der Waals surface area (Å²) in [5.74, 6) is 0.396. The van der Waals surface area contributed by atoms with Gasteiger partial charge in [-0.15, -0.1) is 0 Å². The number of aromatic nitrogens is 1. The van der Waals surface area contributed by atoms with Gasteiger partial charge >= 0.3 is 0 Å². The Morgan fingerprint density at radius 1 is 1.41 bits per heavy atom. The van der Waals surface area contributed by atoms with Crippen LogP contribution in [0.2, 0.25) is 0 Å². The molecule has 0 bridgehead atoms. The van der Waals surface area contributed by atoms with Gasteiger partial charge in [0.15, 0.2) is 0 Å². The van der Waals surface area contributed by atoms with E-state index >= 15 is 0 Å². The highest BCUT2D eigenvalue weighted by Crippen LogP contribution is 2.14. The second-order valence-electron chi connectivity index (χ2n) is 4.63. The van der Waals surface area contributed by atoms with Gasteiger partial charge in [0.2, 0.25) is 0 Å². The number of aliphatic hydroxyl groups excluding tert-OH is 1. The Morgan fingerprint density at radius 3 is 2.94 bits per heavy atom. The van der Waals surface area contributed by atoms with Crippen molar-refractivity contribution in [2.75, 3.05) is 32.0 Å². The Labute approximate surface area is 100 Å². The number of nitrogens with two attached hydrogens (primary N) is 1. The number of aliphatic hydroxyl groups is 1. The average Bonchev–Trinajstić information content (AvgIpc) is 2.78. The highest BCUT2D eigenvalue weighted by molar-refractivity contribution is 5.33. The lowest BCUT2D eigenvalue weighted by atomic mass is 10.1. The van der Waals surface area contributed by atoms with Crippen LogP contribution in [-0.4, -0.2) is 40.8 Å². The number of hydrogen-bond acceptors (Lipinski definition) is 4. The number of anilines is 1. The van der Waals surface area contributed by atoms with Crippen molar-refractivity contribution in [3.8, 4) is 0 Å². The molecule has 1 aliphatic heterocycles. The molecule has 0 saturated carbocycles. The summed E-state index contributed by atoms with van der Waals surface area (Å²) in [5, 5.41) is 9.05. The van der Waals surface area contributed by atoms with Crippen molar-refractivity contribution in [3.05, 3.63) is 28.7 Å². The van der Waals surface area contributed by atoms with Gasteiger partial charge < -0.3 is 20.3 Å². The predicted molar refractivity (Wildman–Crippen MR) is 66.7 cm³/mol. The molecule has 5 nitrogen and oxygen atoms in total. The van der Waals surface area contributed by atoms with Gasteiger partial charge in [0, 0.05) is 44.2 Å². The molecule has 17 heavy (non-hydrogen) atoms. The van der Waals surface area contributed by atoms with Gasteiger partial charge in [0.1, 0.15) is 0 Å². The van der Waals surface area contributed by atoms with E-state index in [0.29, 0.717) is 18.2 Å². The number of hydrogen-bond donors (Lipinski definition) is 2. The quantitative estimate of drug-likeness (QED) is 0.757. The van der Waals surface area contributed by atoms with Crippen LogP contribution >= 0.6 is 0 Å². The minimum atomic E-state index is -0.0166. The van der Waals surface area contributed by atoms with Crippen molar-refractivity contribution in [2.24, 2.45) is 5.92 Å². The maximum absolute atomic E-state index is 11.5. The van der Waals surface area contributed by atoms with Crippen molar-refractivity contribution in [2.45, 2.75) is 13.0 Å². The maximum atomic E-state index is 11.5. The summed E-state index contributed by atoms with van der Waals surface area (Å²) in [6, 6.07) is 3.12. The summed E-state index contributed by atoms with van der Waals surface area (Å²) in [6.07, 6.45) is 2.73. The third kappa shape index (κ3) is 3.08. The van der Waals surface area contributed by atoms with E-state index in [1.807, 2.05) is 0 Å². The molecule has 2 rings (SSSR count). The summed E-state index contributed by atoms with van der Waals surface area (Å²) in [7, 11) is 0. The molecule has 1 atom stereocenters. The first-order chi connectivity index (χ1) is 8.19. The Morgan fingerprint density at radius 2 is 2.24 bits per heavy atom. The fourth-order valence-electron chi connectivity index (χ4n) is 2.24. The number of nitrogen functional groups attached to an aromatic ring is 1. The Hall–Kier alpha value is -1.33. The SMILES string of the molecule is Nc1ccc(=O)n(CCN2CCC(CO)C2)c1. The number of likely N-dealkylation sites (tertiary alicyclic amines) is 1. The molecule has 0 aliphatic carbocycles. The van der Waals surface area contributed by atoms with E-state index in [4.69, 9.17) is 10.8 Å². The van der Waals surface area contributed by atoms with E-state index in [9.17, 15) is 4.79 Å². The van der Waals surface area contributed by atoms with Gasteiger partial charge in [0.25, 0.3) is 5.56 Å². The summed E-state index contributed by atoms with van der Waals surface area (Å²) >= 11 is 0. The molecular weight excluding hydrogens is 218 g/mol. The monoisotopic (exact) mass is 237 g/mol. The summed E-state index contributed by atoms with van der Waals surface area (Å²) < 4.78 is 1.64. The third-order valence-corrected chi connectivity index (χ3v) is 3.29. The number of nitrogens with zero attached hydrogens (tertiary/aromatic N) is 2. The average molecular weight is 237 g/mol. The van der Waals surface area contributed by atoms with Crippen LogP contribution in [0.25, 0.3) is 0 Å². The largest absolute Gasteiger partial charge is 0.398 e. The van der Waals surface area contributed by atoms with Crippen LogP contribution in [0.3, 0.4) is 0 Å². The van der Waals surface area contributed by atoms with E-state index in [1.165, 1.54) is 6.07 Å². The Bertz CT molecular complexity index is 430. The molecule has 0 amide bonds. The van der Waals surface area contributed by atoms with Crippen molar-refractivity contribution < 1.29 is 5.11 Å². The van der Waals surface area contributed by atoms with E-state index in [1.54, 1.807) is 16.8 Å². The zero-order valence-corrected chi connectivity index (χ0v) is 9.88. The second-order valence-corrected chi connectivity index (χ2v) is 4.63. The fourth-order valence-corrected chi connectivity index (χ4v) is 2.24. The molecular formula is C12H19N3O2. The first-order valence-corrected chi connectivity index (χ1v) is 5.98. The number of pyridine rings is 1. The van der Waals surface area contributed by atoms with Crippen LogP contribution in [0, 0.1) is 5.92 Å². The van der Waals surface area contributed by atoms with Gasteiger partial charge in [-0.2, -0.15) is 0 Å². The Balaban J connectivity index is 1.90. The molecule has 5 heteroatoms. The van der Waals surface area contributed by atoms with Crippen LogP contribution in [0.4, 0.5) is 5.69 Å². The number of rotatable bonds is 4. The van der Waals surface area contributed by atoms with Crippen LogP contribution < -0.4 is 11.3 Å². The van der Waals surface area contributed by atoms with Crippen molar-refractivity contribution >= 4 is 5.69 Å². The lowest BCUT2D eigenvalue weighted by Gasteiger charge is -2.16. The van der Waals surface area contributed by atoms with Gasteiger partial charge in [0.05, 0.1) is 0 Å². The molecule has 3 N–H and O–H groups in total. The second kappa shape index (κ2) is 5.33. The molecule has 0 radical (unpaired) electrons. The van der Waals surface area contributed by atoms with Gasteiger partial charge in [-0.25, -0.2) is 0 Å². The highest BCUT2D eigenvalue weighted by atomic mass is 16.3. The van der Waals surface area contributed by atoms with E-state index in [2.05, 4.69) is 4.90 Å². The lowest BCUT2D eigenvalue weighted by molar-refractivity contribution is 0.220. The zero-order valence-electron chi connectivity index (χ0n) is 9.88. The molecule has 2 heterocycles. The summed E-state index contributed by atoms with van der Waals surface area (Å²) in [6.45, 7) is 3.67. The van der Waals surface area contributed by atoms with Crippen LogP contribution in [0.5, 0.6) is 0 Å². The molecule has 1 saturated heterocycles. The molecule has 94 valence electrons. The van der Waals surface area contributed by atoms with Gasteiger partial charge in [-0.1, -0.05) is 0 Å². The normalized spacial score (nSPS) is 20.9. The minimum Gasteiger partial charge on any atom is -0.398 e. The molecule has 1 aromatic heterocycles. The lowest BCUT2D eigenvalue weighted by Crippen LogP contribution is -2.29. The highest BCUT2D eigenvalue weighted by Gasteiger charge is 2.21. The smallest absolute Gasteiger partial charge is 0.250 e. The van der Waals surface area contributed by atoms with E-state index in [-0.39, 0.29) is 12.2 Å². The minimum absolute atomic E-state index is 0.0166. The first kappa shape index (κ1) is 12.1.